The Bertz CT molecular complexity index is 487. The highest BCUT2D eigenvalue weighted by molar-refractivity contribution is 7.86. The number of likely N-dealkylation sites (tertiary alicyclic amines) is 1. The van der Waals surface area contributed by atoms with Crippen LogP contribution in [-0.2, 0) is 15.0 Å². The summed E-state index contributed by atoms with van der Waals surface area (Å²) in [6.45, 7) is 4.47. The average Bonchev–Trinajstić information content (AvgIpc) is 2.89. The molecule has 0 saturated carbocycles. The van der Waals surface area contributed by atoms with Crippen LogP contribution in [0, 0.1) is 0 Å². The van der Waals surface area contributed by atoms with E-state index in [9.17, 15) is 13.2 Å². The molecule has 0 bridgehead atoms. The number of carbonyl (C=O) groups excluding carboxylic acids is 1. The predicted octanol–water partition coefficient (Wildman–Crippen LogP) is 0.203. The van der Waals surface area contributed by atoms with Crippen molar-refractivity contribution in [3.63, 3.8) is 0 Å². The van der Waals surface area contributed by atoms with Gasteiger partial charge in [0.05, 0.1) is 6.54 Å². The van der Waals surface area contributed by atoms with E-state index in [-0.39, 0.29) is 5.91 Å². The van der Waals surface area contributed by atoms with E-state index in [1.165, 1.54) is 34.3 Å². The minimum atomic E-state index is -3.39. The molecular formula is C15H30N4O3S. The Labute approximate surface area is 140 Å². The molecule has 1 amide bonds. The molecule has 134 valence electrons. The summed E-state index contributed by atoms with van der Waals surface area (Å²) in [4.78, 5) is 16.6. The van der Waals surface area contributed by atoms with Gasteiger partial charge in [-0.15, -0.1) is 0 Å². The van der Waals surface area contributed by atoms with E-state index >= 15 is 0 Å². The Hall–Kier alpha value is -0.700. The van der Waals surface area contributed by atoms with Gasteiger partial charge in [0.15, 0.2) is 0 Å². The molecule has 0 radical (unpaired) electrons. The van der Waals surface area contributed by atoms with E-state index in [1.54, 1.807) is 14.1 Å². The predicted molar refractivity (Wildman–Crippen MR) is 90.3 cm³/mol. The molecule has 0 aromatic heterocycles. The van der Waals surface area contributed by atoms with E-state index in [2.05, 4.69) is 4.90 Å². The molecule has 0 aliphatic carbocycles. The molecule has 2 rings (SSSR count). The monoisotopic (exact) mass is 346 g/mol. The van der Waals surface area contributed by atoms with E-state index < -0.39 is 10.2 Å². The van der Waals surface area contributed by atoms with Gasteiger partial charge in [0.2, 0.25) is 5.91 Å². The number of hydrogen-bond donors (Lipinski definition) is 0. The first-order valence-electron chi connectivity index (χ1n) is 8.59. The second kappa shape index (κ2) is 8.41. The van der Waals surface area contributed by atoms with Crippen LogP contribution in [0.25, 0.3) is 0 Å². The zero-order valence-corrected chi connectivity index (χ0v) is 15.2. The normalized spacial score (nSPS) is 22.8. The zero-order chi connectivity index (χ0) is 16.9. The fourth-order valence-electron chi connectivity index (χ4n) is 3.19. The van der Waals surface area contributed by atoms with Gasteiger partial charge in [-0.05, 0) is 32.4 Å². The summed E-state index contributed by atoms with van der Waals surface area (Å²) in [6, 6.07) is 0. The fourth-order valence-corrected chi connectivity index (χ4v) is 4.32. The molecule has 23 heavy (non-hydrogen) atoms. The van der Waals surface area contributed by atoms with Crippen molar-refractivity contribution in [2.75, 3.05) is 59.9 Å². The first-order valence-corrected chi connectivity index (χ1v) is 9.98. The average molecular weight is 346 g/mol. The van der Waals surface area contributed by atoms with E-state index in [4.69, 9.17) is 0 Å². The molecule has 8 heteroatoms. The molecule has 2 aliphatic heterocycles. The van der Waals surface area contributed by atoms with Crippen LogP contribution in [0.1, 0.15) is 32.1 Å². The first-order chi connectivity index (χ1) is 10.9. The lowest BCUT2D eigenvalue weighted by atomic mass is 10.2. The van der Waals surface area contributed by atoms with Gasteiger partial charge < -0.3 is 4.90 Å². The highest BCUT2D eigenvalue weighted by atomic mass is 32.2. The van der Waals surface area contributed by atoms with Gasteiger partial charge in [-0.1, -0.05) is 12.8 Å². The second-order valence-electron chi connectivity index (χ2n) is 6.61. The van der Waals surface area contributed by atoms with E-state index in [0.29, 0.717) is 39.1 Å². The van der Waals surface area contributed by atoms with Gasteiger partial charge in [-0.3, -0.25) is 9.69 Å². The van der Waals surface area contributed by atoms with Gasteiger partial charge in [-0.2, -0.15) is 17.0 Å². The van der Waals surface area contributed by atoms with Crippen LogP contribution in [0.3, 0.4) is 0 Å². The third-order valence-electron chi connectivity index (χ3n) is 4.65. The molecule has 0 aromatic rings. The summed E-state index contributed by atoms with van der Waals surface area (Å²) in [6.07, 6.45) is 5.54. The molecule has 0 spiro atoms. The van der Waals surface area contributed by atoms with Gasteiger partial charge in [0.1, 0.15) is 0 Å². The minimum absolute atomic E-state index is 0.135. The molecule has 0 N–H and O–H groups in total. The van der Waals surface area contributed by atoms with Crippen molar-refractivity contribution in [3.05, 3.63) is 0 Å². The summed E-state index contributed by atoms with van der Waals surface area (Å²) in [5, 5.41) is 0. The first kappa shape index (κ1) is 18.6. The summed E-state index contributed by atoms with van der Waals surface area (Å²) in [5.41, 5.74) is 0. The minimum Gasteiger partial charge on any atom is -0.340 e. The quantitative estimate of drug-likeness (QED) is 0.730. The second-order valence-corrected chi connectivity index (χ2v) is 8.76. The molecule has 2 saturated heterocycles. The Kier molecular flexibility index (Phi) is 6.82. The van der Waals surface area contributed by atoms with Gasteiger partial charge in [0, 0.05) is 40.3 Å². The smallest absolute Gasteiger partial charge is 0.281 e. The summed E-state index contributed by atoms with van der Waals surface area (Å²) in [5.74, 6) is 0.135. The van der Waals surface area contributed by atoms with Crippen LogP contribution in [-0.4, -0.2) is 92.6 Å². The van der Waals surface area contributed by atoms with Crippen molar-refractivity contribution >= 4 is 16.1 Å². The fraction of sp³-hybridized carbons (Fsp3) is 0.933. The topological polar surface area (TPSA) is 64.2 Å². The van der Waals surface area contributed by atoms with Crippen molar-refractivity contribution in [2.45, 2.75) is 32.1 Å². The lowest BCUT2D eigenvalue weighted by Gasteiger charge is -2.26. The lowest BCUT2D eigenvalue weighted by molar-refractivity contribution is -0.132. The number of rotatable bonds is 4. The Morgan fingerprint density at radius 1 is 0.870 bits per heavy atom. The maximum absolute atomic E-state index is 12.5. The largest absolute Gasteiger partial charge is 0.340 e. The van der Waals surface area contributed by atoms with Crippen molar-refractivity contribution < 1.29 is 13.2 Å². The van der Waals surface area contributed by atoms with Crippen LogP contribution in [0.15, 0.2) is 0 Å². The molecule has 0 atom stereocenters. The number of hydrogen-bond acceptors (Lipinski definition) is 4. The highest BCUT2D eigenvalue weighted by Crippen LogP contribution is 2.12. The molecule has 2 heterocycles. The summed E-state index contributed by atoms with van der Waals surface area (Å²) >= 11 is 0. The van der Waals surface area contributed by atoms with E-state index in [0.717, 1.165) is 13.1 Å². The Morgan fingerprint density at radius 3 is 2.13 bits per heavy atom. The maximum Gasteiger partial charge on any atom is 0.281 e. The molecule has 0 unspecified atom stereocenters. The van der Waals surface area contributed by atoms with Crippen LogP contribution in [0.2, 0.25) is 0 Å². The Morgan fingerprint density at radius 2 is 1.52 bits per heavy atom. The lowest BCUT2D eigenvalue weighted by Crippen LogP contribution is -2.44. The van der Waals surface area contributed by atoms with Crippen molar-refractivity contribution in [1.29, 1.82) is 0 Å². The summed E-state index contributed by atoms with van der Waals surface area (Å²) in [7, 11) is -0.298. The van der Waals surface area contributed by atoms with Gasteiger partial charge in [-0.25, -0.2) is 0 Å². The van der Waals surface area contributed by atoms with Crippen LogP contribution in [0.4, 0.5) is 0 Å². The molecule has 2 aliphatic rings. The standard InChI is InChI=1S/C15H30N4O3S/c1-16(2)23(21,22)19-11-7-10-18(12-13-19)15(20)14-17-8-5-3-4-6-9-17/h3-14H2,1-2H3. The number of nitrogens with zero attached hydrogens (tertiary/aromatic N) is 4. The van der Waals surface area contributed by atoms with Crippen molar-refractivity contribution in [2.24, 2.45) is 0 Å². The summed E-state index contributed by atoms with van der Waals surface area (Å²) < 4.78 is 27.1. The zero-order valence-electron chi connectivity index (χ0n) is 14.4. The SMILES string of the molecule is CN(C)S(=O)(=O)N1CCCN(C(=O)CN2CCCCCC2)CC1. The maximum atomic E-state index is 12.5. The number of carbonyl (C=O) groups is 1. The molecule has 2 fully saturated rings. The molecular weight excluding hydrogens is 316 g/mol. The third-order valence-corrected chi connectivity index (χ3v) is 6.59. The highest BCUT2D eigenvalue weighted by Gasteiger charge is 2.28. The van der Waals surface area contributed by atoms with E-state index in [1.807, 2.05) is 4.90 Å². The van der Waals surface area contributed by atoms with Gasteiger partial charge in [0.25, 0.3) is 10.2 Å². The third kappa shape index (κ3) is 5.14. The van der Waals surface area contributed by atoms with Crippen LogP contribution >= 0.6 is 0 Å². The van der Waals surface area contributed by atoms with Crippen LogP contribution < -0.4 is 0 Å². The van der Waals surface area contributed by atoms with Crippen molar-refractivity contribution in [3.8, 4) is 0 Å². The molecule has 7 nitrogen and oxygen atoms in total. The van der Waals surface area contributed by atoms with Gasteiger partial charge >= 0.3 is 0 Å². The number of amides is 1. The van der Waals surface area contributed by atoms with Crippen molar-refractivity contribution in [1.82, 2.24) is 18.4 Å². The Balaban J connectivity index is 1.88. The molecule has 0 aromatic carbocycles. The van der Waals surface area contributed by atoms with Crippen LogP contribution in [0.5, 0.6) is 0 Å².